The van der Waals surface area contributed by atoms with Crippen molar-refractivity contribution in [2.75, 3.05) is 0 Å². The van der Waals surface area contributed by atoms with E-state index in [0.29, 0.717) is 17.6 Å². The highest BCUT2D eigenvalue weighted by Gasteiger charge is 2.13. The molecule has 0 saturated heterocycles. The summed E-state index contributed by atoms with van der Waals surface area (Å²) in [6, 6.07) is 11.4. The van der Waals surface area contributed by atoms with Crippen LogP contribution in [-0.2, 0) is 12.4 Å². The van der Waals surface area contributed by atoms with Gasteiger partial charge < -0.3 is 4.57 Å². The number of benzene rings is 1. The molecular formula is C14H10ClN5. The summed E-state index contributed by atoms with van der Waals surface area (Å²) in [5.41, 5.74) is 2.92. The van der Waals surface area contributed by atoms with Gasteiger partial charge in [0.25, 0.3) is 0 Å². The molecule has 0 N–H and O–H groups in total. The molecule has 0 aliphatic carbocycles. The third-order valence-electron chi connectivity index (χ3n) is 3.05. The van der Waals surface area contributed by atoms with Gasteiger partial charge in [0.1, 0.15) is 17.4 Å². The van der Waals surface area contributed by atoms with Gasteiger partial charge in [-0.2, -0.15) is 15.5 Å². The molecule has 5 nitrogen and oxygen atoms in total. The van der Waals surface area contributed by atoms with Gasteiger partial charge in [-0.15, -0.1) is 11.6 Å². The van der Waals surface area contributed by atoms with Gasteiger partial charge >= 0.3 is 0 Å². The van der Waals surface area contributed by atoms with Crippen molar-refractivity contribution in [3.05, 3.63) is 53.6 Å². The van der Waals surface area contributed by atoms with E-state index in [-0.39, 0.29) is 5.88 Å². The van der Waals surface area contributed by atoms with E-state index >= 15 is 0 Å². The smallest absolute Gasteiger partial charge is 0.125 e. The maximum absolute atomic E-state index is 9.14. The van der Waals surface area contributed by atoms with Gasteiger partial charge in [-0.05, 0) is 24.3 Å². The van der Waals surface area contributed by atoms with Gasteiger partial charge in [-0.25, -0.2) is 4.98 Å². The molecule has 2 heterocycles. The summed E-state index contributed by atoms with van der Waals surface area (Å²) in [5, 5.41) is 17.1. The molecule has 0 aliphatic rings. The second kappa shape index (κ2) is 5.27. The second-order valence-corrected chi connectivity index (χ2v) is 4.52. The van der Waals surface area contributed by atoms with E-state index in [1.807, 2.05) is 28.8 Å². The summed E-state index contributed by atoms with van der Waals surface area (Å²) >= 11 is 5.96. The average Bonchev–Trinajstić information content (AvgIpc) is 2.86. The van der Waals surface area contributed by atoms with Crippen LogP contribution in [0.5, 0.6) is 0 Å². The molecule has 6 heteroatoms. The Labute approximate surface area is 120 Å². The van der Waals surface area contributed by atoms with Crippen molar-refractivity contribution in [3.63, 3.8) is 0 Å². The van der Waals surface area contributed by atoms with Crippen LogP contribution in [0.1, 0.15) is 17.1 Å². The average molecular weight is 284 g/mol. The van der Waals surface area contributed by atoms with Crippen LogP contribution < -0.4 is 0 Å². The molecule has 1 aromatic carbocycles. The molecule has 2 aromatic heterocycles. The van der Waals surface area contributed by atoms with Gasteiger partial charge in [0.05, 0.1) is 29.2 Å². The Morgan fingerprint density at radius 1 is 1.25 bits per heavy atom. The largest absolute Gasteiger partial charge is 0.321 e. The Balaban J connectivity index is 2.17. The van der Waals surface area contributed by atoms with Crippen molar-refractivity contribution in [1.82, 2.24) is 19.7 Å². The molecule has 0 spiro atoms. The van der Waals surface area contributed by atoms with Crippen LogP contribution in [-0.4, -0.2) is 19.7 Å². The summed E-state index contributed by atoms with van der Waals surface area (Å²) < 4.78 is 1.97. The van der Waals surface area contributed by atoms with E-state index in [9.17, 15) is 0 Å². The normalized spacial score (nSPS) is 10.6. The summed E-state index contributed by atoms with van der Waals surface area (Å²) in [7, 11) is 0. The first kappa shape index (κ1) is 12.6. The van der Waals surface area contributed by atoms with Crippen molar-refractivity contribution < 1.29 is 0 Å². The first-order chi connectivity index (χ1) is 9.83. The van der Waals surface area contributed by atoms with Crippen LogP contribution in [0.3, 0.4) is 0 Å². The molecule has 3 aromatic rings. The summed E-state index contributed by atoms with van der Waals surface area (Å²) in [6.07, 6.45) is 1.63. The molecule has 0 bridgehead atoms. The Morgan fingerprint density at radius 2 is 2.15 bits per heavy atom. The number of alkyl halides is 1. The Bertz CT molecular complexity index is 788. The standard InChI is InChI=1S/C14H10ClN5/c15-7-13-18-14-10(8-16)3-1-5-12(14)20(13)9-11-4-2-6-17-19-11/h1-6H,7,9H2. The third-order valence-corrected chi connectivity index (χ3v) is 3.28. The number of nitrogens with zero attached hydrogens (tertiary/aromatic N) is 5. The highest BCUT2D eigenvalue weighted by atomic mass is 35.5. The Hall–Kier alpha value is -2.45. The van der Waals surface area contributed by atoms with Crippen LogP contribution in [0.2, 0.25) is 0 Å². The molecule has 0 fully saturated rings. The number of aromatic nitrogens is 4. The Kier molecular flexibility index (Phi) is 3.32. The zero-order valence-corrected chi connectivity index (χ0v) is 11.2. The number of fused-ring (bicyclic) bond motifs is 1. The number of halogens is 1. The highest BCUT2D eigenvalue weighted by molar-refractivity contribution is 6.16. The molecule has 3 rings (SSSR count). The third kappa shape index (κ3) is 2.10. The number of nitriles is 1. The minimum absolute atomic E-state index is 0.278. The van der Waals surface area contributed by atoms with E-state index < -0.39 is 0 Å². The lowest BCUT2D eigenvalue weighted by atomic mass is 10.2. The first-order valence-corrected chi connectivity index (χ1v) is 6.57. The Morgan fingerprint density at radius 3 is 2.85 bits per heavy atom. The molecule has 0 saturated carbocycles. The maximum atomic E-state index is 9.14. The zero-order valence-electron chi connectivity index (χ0n) is 10.5. The minimum atomic E-state index is 0.278. The summed E-state index contributed by atoms with van der Waals surface area (Å²) in [5.74, 6) is 0.995. The molecule has 0 unspecified atom stereocenters. The van der Waals surface area contributed by atoms with Crippen molar-refractivity contribution in [1.29, 1.82) is 5.26 Å². The fourth-order valence-corrected chi connectivity index (χ4v) is 2.35. The maximum Gasteiger partial charge on any atom is 0.125 e. The quantitative estimate of drug-likeness (QED) is 0.693. The molecule has 0 aliphatic heterocycles. The van der Waals surface area contributed by atoms with Gasteiger partial charge in [0.2, 0.25) is 0 Å². The van der Waals surface area contributed by atoms with Gasteiger partial charge in [-0.1, -0.05) is 6.07 Å². The summed E-state index contributed by atoms with van der Waals surface area (Å²) in [4.78, 5) is 4.46. The zero-order chi connectivity index (χ0) is 13.9. The van der Waals surface area contributed by atoms with Gasteiger partial charge in [0.15, 0.2) is 0 Å². The van der Waals surface area contributed by atoms with Crippen molar-refractivity contribution >= 4 is 22.6 Å². The molecule has 20 heavy (non-hydrogen) atoms. The molecular weight excluding hydrogens is 274 g/mol. The molecule has 0 radical (unpaired) electrons. The van der Waals surface area contributed by atoms with E-state index in [4.69, 9.17) is 16.9 Å². The predicted molar refractivity (Wildman–Crippen MR) is 75.1 cm³/mol. The first-order valence-electron chi connectivity index (χ1n) is 6.04. The molecule has 98 valence electrons. The number of imidazole rings is 1. The number of hydrogen-bond donors (Lipinski definition) is 0. The number of hydrogen-bond acceptors (Lipinski definition) is 4. The topological polar surface area (TPSA) is 67.4 Å². The SMILES string of the molecule is N#Cc1cccc2c1nc(CCl)n2Cc1cccnn1. The highest BCUT2D eigenvalue weighted by Crippen LogP contribution is 2.21. The number of rotatable bonds is 3. The van der Waals surface area contributed by atoms with Crippen molar-refractivity contribution in [2.24, 2.45) is 0 Å². The van der Waals surface area contributed by atoms with Gasteiger partial charge in [-0.3, -0.25) is 0 Å². The van der Waals surface area contributed by atoms with Crippen LogP contribution in [0.25, 0.3) is 11.0 Å². The minimum Gasteiger partial charge on any atom is -0.321 e. The number of para-hydroxylation sites is 1. The lowest BCUT2D eigenvalue weighted by molar-refractivity contribution is 0.741. The lowest BCUT2D eigenvalue weighted by Crippen LogP contribution is -2.05. The summed E-state index contributed by atoms with van der Waals surface area (Å²) in [6.45, 7) is 0.529. The second-order valence-electron chi connectivity index (χ2n) is 4.25. The van der Waals surface area contributed by atoms with Crippen LogP contribution in [0.15, 0.2) is 36.5 Å². The van der Waals surface area contributed by atoms with E-state index in [2.05, 4.69) is 21.3 Å². The van der Waals surface area contributed by atoms with Crippen LogP contribution in [0, 0.1) is 11.3 Å². The molecule has 0 amide bonds. The van der Waals surface area contributed by atoms with Crippen molar-refractivity contribution in [3.8, 4) is 6.07 Å². The fourth-order valence-electron chi connectivity index (χ4n) is 2.14. The fraction of sp³-hybridized carbons (Fsp3) is 0.143. The monoisotopic (exact) mass is 283 g/mol. The van der Waals surface area contributed by atoms with E-state index in [1.165, 1.54) is 0 Å². The van der Waals surface area contributed by atoms with Crippen molar-refractivity contribution in [2.45, 2.75) is 12.4 Å². The van der Waals surface area contributed by atoms with E-state index in [1.54, 1.807) is 12.3 Å². The lowest BCUT2D eigenvalue weighted by Gasteiger charge is -2.06. The van der Waals surface area contributed by atoms with Gasteiger partial charge in [0, 0.05) is 6.20 Å². The van der Waals surface area contributed by atoms with Crippen LogP contribution >= 0.6 is 11.6 Å². The van der Waals surface area contributed by atoms with Crippen LogP contribution in [0.4, 0.5) is 0 Å². The molecule has 0 atom stereocenters. The predicted octanol–water partition coefficient (Wildman–Crippen LogP) is 2.49. The van der Waals surface area contributed by atoms with E-state index in [0.717, 1.165) is 17.0 Å².